The van der Waals surface area contributed by atoms with E-state index in [-0.39, 0.29) is 22.9 Å². The Hall–Kier alpha value is -2.81. The van der Waals surface area contributed by atoms with Crippen LogP contribution in [0.25, 0.3) is 17.0 Å². The van der Waals surface area contributed by atoms with E-state index >= 15 is 0 Å². The van der Waals surface area contributed by atoms with E-state index in [0.29, 0.717) is 10.8 Å². The average molecular weight is 466 g/mol. The Bertz CT molecular complexity index is 1130. The van der Waals surface area contributed by atoms with Crippen molar-refractivity contribution in [1.82, 2.24) is 9.97 Å². The molecule has 10 heteroatoms. The van der Waals surface area contributed by atoms with Crippen molar-refractivity contribution in [1.29, 1.82) is 0 Å². The second-order valence-electron chi connectivity index (χ2n) is 5.72. The summed E-state index contributed by atoms with van der Waals surface area (Å²) in [6.45, 7) is 1.66. The highest BCUT2D eigenvalue weighted by molar-refractivity contribution is 7.13. The van der Waals surface area contributed by atoms with Crippen molar-refractivity contribution in [3.8, 4) is 11.3 Å². The van der Waals surface area contributed by atoms with E-state index in [1.54, 1.807) is 6.92 Å². The van der Waals surface area contributed by atoms with Gasteiger partial charge >= 0.3 is 5.97 Å². The highest BCUT2D eigenvalue weighted by Gasteiger charge is 2.21. The predicted molar refractivity (Wildman–Crippen MR) is 116 cm³/mol. The topological polar surface area (TPSA) is 84.7 Å². The minimum Gasteiger partial charge on any atom is -0.506 e. The van der Waals surface area contributed by atoms with Crippen molar-refractivity contribution < 1.29 is 19.0 Å². The molecule has 1 N–H and O–H groups in total. The fraction of sp³-hybridized carbons (Fsp3) is 0.100. The van der Waals surface area contributed by atoms with E-state index in [4.69, 9.17) is 27.9 Å². The molecular formula is C20H14Cl2FN3O3S. The number of pyridine rings is 1. The number of esters is 1. The second kappa shape index (κ2) is 9.80. The Labute approximate surface area is 185 Å². The van der Waals surface area contributed by atoms with Crippen LogP contribution in [0, 0.1) is 5.82 Å². The predicted octanol–water partition coefficient (Wildman–Crippen LogP) is 5.89. The maximum absolute atomic E-state index is 13.8. The first-order valence-electron chi connectivity index (χ1n) is 8.58. The molecule has 3 rings (SSSR count). The third-order valence-corrected chi connectivity index (χ3v) is 5.06. The molecule has 0 fully saturated rings. The number of halogens is 3. The molecular weight excluding hydrogens is 452 g/mol. The van der Waals surface area contributed by atoms with Gasteiger partial charge in [0.1, 0.15) is 16.5 Å². The lowest BCUT2D eigenvalue weighted by molar-refractivity contribution is -0.137. The minimum atomic E-state index is -0.907. The van der Waals surface area contributed by atoms with Crippen LogP contribution >= 0.6 is 34.5 Å². The van der Waals surface area contributed by atoms with E-state index in [1.165, 1.54) is 11.3 Å². The van der Waals surface area contributed by atoms with Gasteiger partial charge in [-0.1, -0.05) is 53.5 Å². The number of rotatable bonds is 6. The van der Waals surface area contributed by atoms with E-state index in [1.807, 2.05) is 35.7 Å². The summed E-state index contributed by atoms with van der Waals surface area (Å²) in [5.41, 5.74) is 1.07. The van der Waals surface area contributed by atoms with Gasteiger partial charge < -0.3 is 9.84 Å². The zero-order valence-corrected chi connectivity index (χ0v) is 17.8. The third kappa shape index (κ3) is 5.02. The van der Waals surface area contributed by atoms with E-state index in [9.17, 15) is 14.3 Å². The molecule has 0 aliphatic rings. The Morgan fingerprint density at radius 1 is 1.27 bits per heavy atom. The van der Waals surface area contributed by atoms with Gasteiger partial charge in [0, 0.05) is 17.2 Å². The molecule has 0 aliphatic heterocycles. The van der Waals surface area contributed by atoms with Crippen molar-refractivity contribution in [3.05, 3.63) is 69.0 Å². The molecule has 2 aromatic heterocycles. The van der Waals surface area contributed by atoms with Gasteiger partial charge in [0.05, 0.1) is 17.9 Å². The number of aliphatic imine (C=N–C) groups is 1. The third-order valence-electron chi connectivity index (χ3n) is 3.76. The van der Waals surface area contributed by atoms with Crippen LogP contribution in [0.4, 0.5) is 9.52 Å². The van der Waals surface area contributed by atoms with Crippen LogP contribution < -0.4 is 0 Å². The maximum Gasteiger partial charge on any atom is 0.343 e. The summed E-state index contributed by atoms with van der Waals surface area (Å²) in [6.07, 6.45) is 1.09. The van der Waals surface area contributed by atoms with Crippen LogP contribution in [0.1, 0.15) is 12.5 Å². The summed E-state index contributed by atoms with van der Waals surface area (Å²) in [6, 6.07) is 10.4. The smallest absolute Gasteiger partial charge is 0.343 e. The fourth-order valence-corrected chi connectivity index (χ4v) is 3.44. The van der Waals surface area contributed by atoms with Crippen molar-refractivity contribution in [3.63, 3.8) is 0 Å². The molecule has 0 unspecified atom stereocenters. The minimum absolute atomic E-state index is 0.0554. The lowest BCUT2D eigenvalue weighted by Gasteiger charge is -2.08. The molecule has 0 amide bonds. The van der Waals surface area contributed by atoms with Crippen LogP contribution in [-0.2, 0) is 9.53 Å². The van der Waals surface area contributed by atoms with Gasteiger partial charge in [0.25, 0.3) is 0 Å². The summed E-state index contributed by atoms with van der Waals surface area (Å²) in [7, 11) is 0. The summed E-state index contributed by atoms with van der Waals surface area (Å²) >= 11 is 12.8. The number of hydrogen-bond acceptors (Lipinski definition) is 7. The number of hydrogen-bond donors (Lipinski definition) is 1. The number of aromatic nitrogens is 2. The van der Waals surface area contributed by atoms with Crippen LogP contribution in [0.15, 0.2) is 52.3 Å². The number of ether oxygens (including phenoxy) is 1. The normalized spacial score (nSPS) is 12.1. The first-order chi connectivity index (χ1) is 14.4. The zero-order chi connectivity index (χ0) is 21.7. The quantitative estimate of drug-likeness (QED) is 0.161. The van der Waals surface area contributed by atoms with Gasteiger partial charge in [-0.05, 0) is 13.0 Å². The molecule has 154 valence electrons. The molecule has 2 heterocycles. The standard InChI is InChI=1S/C20H14Cl2FN3O3S/c1-2-29-19(28)13(16(27)12-8-14(23)18(22)26-17(12)21)9-24-20-25-15(10-30-20)11-6-4-3-5-7-11/h3-10,27H,2H2,1H3/b16-13+,24-9+. The molecule has 0 spiro atoms. The number of aliphatic hydroxyl groups is 1. The fourth-order valence-electron chi connectivity index (χ4n) is 2.36. The van der Waals surface area contributed by atoms with Crippen LogP contribution in [0.2, 0.25) is 10.3 Å². The molecule has 30 heavy (non-hydrogen) atoms. The second-order valence-corrected chi connectivity index (χ2v) is 7.27. The summed E-state index contributed by atoms with van der Waals surface area (Å²) in [5, 5.41) is 12.0. The largest absolute Gasteiger partial charge is 0.506 e. The molecule has 0 aliphatic carbocycles. The number of thiazole rings is 1. The molecule has 3 aromatic rings. The Kier molecular flexibility index (Phi) is 7.15. The lowest BCUT2D eigenvalue weighted by atomic mass is 10.1. The number of benzene rings is 1. The first kappa shape index (κ1) is 21.9. The van der Waals surface area contributed by atoms with Crippen molar-refractivity contribution in [2.75, 3.05) is 6.61 Å². The zero-order valence-electron chi connectivity index (χ0n) is 15.5. The van der Waals surface area contributed by atoms with Crippen molar-refractivity contribution in [2.45, 2.75) is 6.92 Å². The number of carbonyl (C=O) groups excluding carboxylic acids is 1. The first-order valence-corrected chi connectivity index (χ1v) is 10.2. The SMILES string of the molecule is CCOC(=O)C(/C=N/c1nc(-c2ccccc2)cs1)=C(/O)c1cc(F)c(Cl)nc1Cl. The number of carbonyl (C=O) groups is 1. The lowest BCUT2D eigenvalue weighted by Crippen LogP contribution is -2.11. The van der Waals surface area contributed by atoms with Crippen LogP contribution in [-0.4, -0.2) is 33.9 Å². The Morgan fingerprint density at radius 2 is 2.00 bits per heavy atom. The van der Waals surface area contributed by atoms with E-state index < -0.39 is 22.7 Å². The average Bonchev–Trinajstić information content (AvgIpc) is 3.20. The van der Waals surface area contributed by atoms with Gasteiger partial charge in [0.2, 0.25) is 5.13 Å². The van der Waals surface area contributed by atoms with Gasteiger partial charge in [-0.15, -0.1) is 11.3 Å². The maximum atomic E-state index is 13.8. The van der Waals surface area contributed by atoms with Gasteiger partial charge in [-0.25, -0.2) is 24.1 Å². The molecule has 0 bridgehead atoms. The number of aliphatic hydroxyl groups excluding tert-OH is 1. The van der Waals surface area contributed by atoms with E-state index in [0.717, 1.165) is 17.8 Å². The Balaban J connectivity index is 1.99. The number of nitrogens with zero attached hydrogens (tertiary/aromatic N) is 3. The van der Waals surface area contributed by atoms with Crippen molar-refractivity contribution >= 4 is 57.6 Å². The summed E-state index contributed by atoms with van der Waals surface area (Å²) < 4.78 is 18.8. The molecule has 0 atom stereocenters. The van der Waals surface area contributed by atoms with Gasteiger partial charge in [-0.2, -0.15) is 0 Å². The highest BCUT2D eigenvalue weighted by atomic mass is 35.5. The van der Waals surface area contributed by atoms with Crippen LogP contribution in [0.5, 0.6) is 0 Å². The molecule has 1 aromatic carbocycles. The van der Waals surface area contributed by atoms with Crippen molar-refractivity contribution in [2.24, 2.45) is 4.99 Å². The molecule has 0 saturated heterocycles. The monoisotopic (exact) mass is 465 g/mol. The van der Waals surface area contributed by atoms with E-state index in [2.05, 4.69) is 15.0 Å². The Morgan fingerprint density at radius 3 is 2.70 bits per heavy atom. The molecule has 0 radical (unpaired) electrons. The molecule has 6 nitrogen and oxygen atoms in total. The summed E-state index contributed by atoms with van der Waals surface area (Å²) in [5.74, 6) is -2.43. The van der Waals surface area contributed by atoms with Crippen LogP contribution in [0.3, 0.4) is 0 Å². The summed E-state index contributed by atoms with van der Waals surface area (Å²) in [4.78, 5) is 24.5. The molecule has 0 saturated carbocycles. The van der Waals surface area contributed by atoms with Gasteiger partial charge in [-0.3, -0.25) is 0 Å². The highest BCUT2D eigenvalue weighted by Crippen LogP contribution is 2.29. The van der Waals surface area contributed by atoms with Gasteiger partial charge in [0.15, 0.2) is 11.0 Å².